The summed E-state index contributed by atoms with van der Waals surface area (Å²) in [7, 11) is 4.80. The molecule has 0 saturated carbocycles. The predicted molar refractivity (Wildman–Crippen MR) is 108 cm³/mol. The Morgan fingerprint density at radius 3 is 2.16 bits per heavy atom. The Kier molecular flexibility index (Phi) is 5.61. The number of halogens is 1. The minimum Gasteiger partial charge on any atom is -0.493 e. The molecular formula is C18H18ClNO3S2. The molecule has 0 amide bonds. The van der Waals surface area contributed by atoms with Gasteiger partial charge in [0.15, 0.2) is 11.5 Å². The minimum absolute atomic E-state index is 0.0765. The lowest BCUT2D eigenvalue weighted by molar-refractivity contribution is 0.324. The third-order valence-corrected chi connectivity index (χ3v) is 5.97. The molecule has 3 rings (SSSR count). The zero-order valence-corrected chi connectivity index (χ0v) is 16.5. The average molecular weight is 396 g/mol. The summed E-state index contributed by atoms with van der Waals surface area (Å²) in [6.07, 6.45) is 0. The van der Waals surface area contributed by atoms with Gasteiger partial charge in [0, 0.05) is 22.9 Å². The summed E-state index contributed by atoms with van der Waals surface area (Å²) in [6, 6.07) is 11.7. The highest BCUT2D eigenvalue weighted by Gasteiger charge is 2.32. The van der Waals surface area contributed by atoms with E-state index >= 15 is 0 Å². The van der Waals surface area contributed by atoms with E-state index in [1.807, 2.05) is 36.4 Å². The standard InChI is InChI=1S/C18H18ClNO3S2/c1-21-14-8-13(9-15(22-2)17(14)23-3)20-16(24)10-25-18(20)11-4-6-12(19)7-5-11/h4-9,18H,10H2,1-3H3. The first-order valence-electron chi connectivity index (χ1n) is 7.58. The van der Waals surface area contributed by atoms with Crippen LogP contribution in [0.1, 0.15) is 10.9 Å². The maximum atomic E-state index is 6.02. The number of hydrogen-bond donors (Lipinski definition) is 0. The smallest absolute Gasteiger partial charge is 0.203 e. The van der Waals surface area contributed by atoms with Crippen molar-refractivity contribution in [2.24, 2.45) is 0 Å². The van der Waals surface area contributed by atoms with Gasteiger partial charge in [0.2, 0.25) is 5.75 Å². The van der Waals surface area contributed by atoms with E-state index in [9.17, 15) is 0 Å². The molecule has 0 spiro atoms. The van der Waals surface area contributed by atoms with Crippen LogP contribution < -0.4 is 19.1 Å². The number of hydrogen-bond acceptors (Lipinski definition) is 5. The number of anilines is 1. The molecule has 0 bridgehead atoms. The summed E-state index contributed by atoms with van der Waals surface area (Å²) < 4.78 is 16.3. The van der Waals surface area contributed by atoms with Crippen molar-refractivity contribution in [3.63, 3.8) is 0 Å². The van der Waals surface area contributed by atoms with E-state index in [1.54, 1.807) is 33.1 Å². The van der Waals surface area contributed by atoms with Crippen molar-refractivity contribution in [2.75, 3.05) is 32.0 Å². The lowest BCUT2D eigenvalue weighted by Crippen LogP contribution is -2.26. The van der Waals surface area contributed by atoms with Crippen molar-refractivity contribution >= 4 is 46.3 Å². The van der Waals surface area contributed by atoms with Crippen LogP contribution in [0.4, 0.5) is 5.69 Å². The molecule has 2 aromatic carbocycles. The maximum Gasteiger partial charge on any atom is 0.203 e. The molecule has 7 heteroatoms. The molecule has 1 atom stereocenters. The van der Waals surface area contributed by atoms with E-state index in [1.165, 1.54) is 0 Å². The molecule has 1 aliphatic rings. The maximum absolute atomic E-state index is 6.02. The van der Waals surface area contributed by atoms with Crippen molar-refractivity contribution in [3.05, 3.63) is 47.0 Å². The van der Waals surface area contributed by atoms with Crippen LogP contribution in [0.25, 0.3) is 0 Å². The Hall–Kier alpha value is -1.63. The van der Waals surface area contributed by atoms with Gasteiger partial charge in [-0.2, -0.15) is 0 Å². The van der Waals surface area contributed by atoms with Crippen LogP contribution >= 0.6 is 35.6 Å². The number of benzene rings is 2. The lowest BCUT2D eigenvalue weighted by Gasteiger charge is -2.27. The SMILES string of the molecule is COc1cc(N2C(=S)CSC2c2ccc(Cl)cc2)cc(OC)c1OC. The summed E-state index contributed by atoms with van der Waals surface area (Å²) in [5.41, 5.74) is 2.05. The number of ether oxygens (including phenoxy) is 3. The van der Waals surface area contributed by atoms with Crippen molar-refractivity contribution in [1.29, 1.82) is 0 Å². The molecule has 1 heterocycles. The van der Waals surface area contributed by atoms with Crippen molar-refractivity contribution in [1.82, 2.24) is 0 Å². The Balaban J connectivity index is 2.06. The van der Waals surface area contributed by atoms with Crippen LogP contribution in [0.5, 0.6) is 17.2 Å². The van der Waals surface area contributed by atoms with Gasteiger partial charge >= 0.3 is 0 Å². The number of thiocarbonyl (C=S) groups is 1. The lowest BCUT2D eigenvalue weighted by atomic mass is 10.1. The summed E-state index contributed by atoms with van der Waals surface area (Å²) >= 11 is 13.4. The molecule has 4 nitrogen and oxygen atoms in total. The van der Waals surface area contributed by atoms with E-state index < -0.39 is 0 Å². The largest absolute Gasteiger partial charge is 0.493 e. The molecule has 25 heavy (non-hydrogen) atoms. The van der Waals surface area contributed by atoms with E-state index in [-0.39, 0.29) is 5.37 Å². The highest BCUT2D eigenvalue weighted by atomic mass is 35.5. The van der Waals surface area contributed by atoms with E-state index in [0.29, 0.717) is 22.3 Å². The van der Waals surface area contributed by atoms with Gasteiger partial charge in [0.1, 0.15) is 5.37 Å². The fourth-order valence-electron chi connectivity index (χ4n) is 2.78. The minimum atomic E-state index is 0.0765. The Morgan fingerprint density at radius 2 is 1.64 bits per heavy atom. The molecule has 1 saturated heterocycles. The quantitative estimate of drug-likeness (QED) is 0.666. The predicted octanol–water partition coefficient (Wildman–Crippen LogP) is 4.95. The molecule has 0 aromatic heterocycles. The normalized spacial score (nSPS) is 16.9. The van der Waals surface area contributed by atoms with Gasteiger partial charge < -0.3 is 19.1 Å². The second-order valence-corrected chi connectivity index (χ2v) is 7.34. The first-order chi connectivity index (χ1) is 12.1. The molecule has 0 N–H and O–H groups in total. The summed E-state index contributed by atoms with van der Waals surface area (Å²) in [4.78, 5) is 2.98. The van der Waals surface area contributed by atoms with Gasteiger partial charge in [-0.15, -0.1) is 11.8 Å². The van der Waals surface area contributed by atoms with Crippen molar-refractivity contribution in [3.8, 4) is 17.2 Å². The molecular weight excluding hydrogens is 378 g/mol. The second kappa shape index (κ2) is 7.72. The number of nitrogens with zero attached hydrogens (tertiary/aromatic N) is 1. The monoisotopic (exact) mass is 395 g/mol. The third kappa shape index (κ3) is 3.52. The molecule has 0 aliphatic carbocycles. The van der Waals surface area contributed by atoms with Gasteiger partial charge in [-0.1, -0.05) is 36.0 Å². The summed E-state index contributed by atoms with van der Waals surface area (Å²) in [5, 5.41) is 0.793. The second-order valence-electron chi connectivity index (χ2n) is 5.36. The zero-order valence-electron chi connectivity index (χ0n) is 14.1. The first-order valence-corrected chi connectivity index (χ1v) is 9.41. The van der Waals surface area contributed by atoms with Crippen LogP contribution in [-0.4, -0.2) is 32.1 Å². The van der Waals surface area contributed by atoms with Crippen LogP contribution in [0.3, 0.4) is 0 Å². The van der Waals surface area contributed by atoms with Gasteiger partial charge in [-0.3, -0.25) is 0 Å². The first kappa shape index (κ1) is 18.2. The van der Waals surface area contributed by atoms with Crippen molar-refractivity contribution < 1.29 is 14.2 Å². The third-order valence-electron chi connectivity index (χ3n) is 3.95. The van der Waals surface area contributed by atoms with Gasteiger partial charge in [-0.05, 0) is 17.7 Å². The topological polar surface area (TPSA) is 30.9 Å². The van der Waals surface area contributed by atoms with Crippen molar-refractivity contribution in [2.45, 2.75) is 5.37 Å². The van der Waals surface area contributed by atoms with Gasteiger partial charge in [0.25, 0.3) is 0 Å². The summed E-state index contributed by atoms with van der Waals surface area (Å²) in [6.45, 7) is 0. The molecule has 2 aromatic rings. The number of methoxy groups -OCH3 is 3. The van der Waals surface area contributed by atoms with E-state index in [0.717, 1.165) is 22.0 Å². The van der Waals surface area contributed by atoms with Crippen LogP contribution in [0.2, 0.25) is 5.02 Å². The van der Waals surface area contributed by atoms with Crippen LogP contribution in [0, 0.1) is 0 Å². The Bertz CT molecular complexity index is 757. The number of rotatable bonds is 5. The highest BCUT2D eigenvalue weighted by Crippen LogP contribution is 2.47. The van der Waals surface area contributed by atoms with Gasteiger partial charge in [-0.25, -0.2) is 0 Å². The van der Waals surface area contributed by atoms with E-state index in [2.05, 4.69) is 4.90 Å². The fraction of sp³-hybridized carbons (Fsp3) is 0.278. The molecule has 1 aliphatic heterocycles. The van der Waals surface area contributed by atoms with Gasteiger partial charge in [0.05, 0.1) is 32.0 Å². The zero-order chi connectivity index (χ0) is 18.0. The fourth-order valence-corrected chi connectivity index (χ4v) is 4.58. The number of thioether (sulfide) groups is 1. The molecule has 1 unspecified atom stereocenters. The molecule has 0 radical (unpaired) electrons. The van der Waals surface area contributed by atoms with E-state index in [4.69, 9.17) is 38.0 Å². The van der Waals surface area contributed by atoms with Crippen LogP contribution in [-0.2, 0) is 0 Å². The summed E-state index contributed by atoms with van der Waals surface area (Å²) in [5.74, 6) is 2.55. The van der Waals surface area contributed by atoms with Crippen LogP contribution in [0.15, 0.2) is 36.4 Å². The Morgan fingerprint density at radius 1 is 1.04 bits per heavy atom. The Labute approximate surface area is 162 Å². The molecule has 132 valence electrons. The average Bonchev–Trinajstić information content (AvgIpc) is 3.02. The molecule has 1 fully saturated rings. The highest BCUT2D eigenvalue weighted by molar-refractivity contribution is 8.02.